The second-order valence-corrected chi connectivity index (χ2v) is 8.01. The first-order chi connectivity index (χ1) is 15.8. The molecule has 1 aromatic heterocycles. The summed E-state index contributed by atoms with van der Waals surface area (Å²) in [6.45, 7) is 4.49. The number of halogens is 1. The summed E-state index contributed by atoms with van der Waals surface area (Å²) in [6, 6.07) is 14.0. The smallest absolute Gasteiger partial charge is 0.414 e. The molecule has 1 fully saturated rings. The van der Waals surface area contributed by atoms with E-state index in [4.69, 9.17) is 22.1 Å². The van der Waals surface area contributed by atoms with E-state index >= 15 is 0 Å². The van der Waals surface area contributed by atoms with Gasteiger partial charge in [-0.2, -0.15) is 5.10 Å². The molecule has 2 aromatic carbocycles. The average molecular weight is 464 g/mol. The number of rotatable bonds is 5. The van der Waals surface area contributed by atoms with Crippen molar-refractivity contribution >= 4 is 34.8 Å². The van der Waals surface area contributed by atoms with Crippen molar-refractivity contribution in [3.63, 3.8) is 0 Å². The number of anilines is 1. The van der Waals surface area contributed by atoms with Gasteiger partial charge in [0.1, 0.15) is 6.61 Å². The number of carbonyl (C=O) groups is 1. The van der Waals surface area contributed by atoms with E-state index in [0.717, 1.165) is 16.9 Å². The highest BCUT2D eigenvalue weighted by atomic mass is 35.5. The van der Waals surface area contributed by atoms with Crippen LogP contribution in [0.1, 0.15) is 18.2 Å². The number of amides is 1. The minimum atomic E-state index is -0.364. The average Bonchev–Trinajstić information content (AvgIpc) is 3.19. The van der Waals surface area contributed by atoms with Crippen molar-refractivity contribution in [2.45, 2.75) is 13.8 Å². The molecule has 168 valence electrons. The monoisotopic (exact) mass is 463 g/mol. The van der Waals surface area contributed by atoms with Crippen molar-refractivity contribution in [3.05, 3.63) is 93.0 Å². The molecule has 1 saturated heterocycles. The maximum Gasteiger partial charge on any atom is 0.414 e. The van der Waals surface area contributed by atoms with E-state index in [1.807, 2.05) is 25.1 Å². The molecule has 0 spiro atoms. The Kier molecular flexibility index (Phi) is 6.28. The van der Waals surface area contributed by atoms with Crippen LogP contribution in [0, 0.1) is 6.92 Å². The highest BCUT2D eigenvalue weighted by molar-refractivity contribution is 6.30. The van der Waals surface area contributed by atoms with Crippen molar-refractivity contribution in [1.82, 2.24) is 9.78 Å². The molecule has 0 bridgehead atoms. The summed E-state index contributed by atoms with van der Waals surface area (Å²) in [6.07, 6.45) is 2.83. The molecule has 3 aromatic rings. The van der Waals surface area contributed by atoms with Gasteiger partial charge in [-0.1, -0.05) is 17.7 Å². The van der Waals surface area contributed by atoms with Crippen LogP contribution in [-0.2, 0) is 4.74 Å². The van der Waals surface area contributed by atoms with E-state index in [-0.39, 0.29) is 17.2 Å². The Balaban J connectivity index is 1.77. The maximum atomic E-state index is 12.7. The number of allylic oxidation sites excluding steroid dienone is 2. The van der Waals surface area contributed by atoms with Gasteiger partial charge < -0.3 is 10.5 Å². The zero-order valence-corrected chi connectivity index (χ0v) is 18.9. The number of hydrogen-bond acceptors (Lipinski definition) is 6. The Bertz CT molecular complexity index is 1340. The van der Waals surface area contributed by atoms with Crippen LogP contribution in [0.2, 0.25) is 5.02 Å². The van der Waals surface area contributed by atoms with Crippen LogP contribution in [0.15, 0.2) is 76.3 Å². The van der Waals surface area contributed by atoms with Crippen LogP contribution < -0.4 is 16.1 Å². The van der Waals surface area contributed by atoms with Crippen molar-refractivity contribution in [2.24, 2.45) is 10.7 Å². The minimum Gasteiger partial charge on any atom is -0.447 e. The quantitative estimate of drug-likeness (QED) is 0.573. The van der Waals surface area contributed by atoms with E-state index in [1.165, 1.54) is 6.07 Å². The van der Waals surface area contributed by atoms with Gasteiger partial charge in [0.05, 0.1) is 23.6 Å². The van der Waals surface area contributed by atoms with Crippen LogP contribution in [0.5, 0.6) is 0 Å². The molecular formula is C24H22ClN5O3. The highest BCUT2D eigenvalue weighted by Crippen LogP contribution is 2.24. The minimum absolute atomic E-state index is 0.147. The van der Waals surface area contributed by atoms with Gasteiger partial charge in [0, 0.05) is 28.7 Å². The molecule has 1 amide bonds. The summed E-state index contributed by atoms with van der Waals surface area (Å²) in [5.74, 6) is 0. The molecular weight excluding hydrogens is 442 g/mol. The molecule has 1 aliphatic heterocycles. The third-order valence-electron chi connectivity index (χ3n) is 4.97. The lowest BCUT2D eigenvalue weighted by molar-refractivity contribution is 0.181. The predicted octanol–water partition coefficient (Wildman–Crippen LogP) is 4.13. The number of carbonyl (C=O) groups excluding carboxylic acids is 1. The standard InChI is InChI=1S/C24H22ClN5O3/c1-15-12-19(29-10-11-33-24(29)32)6-7-21(15)30-9-8-22(31)23(28-30)20(13-16(2)26)27-18-5-3-4-17(25)14-18/h3-9,12-14H,10-11,26H2,1-2H3. The highest BCUT2D eigenvalue weighted by Gasteiger charge is 2.24. The van der Waals surface area contributed by atoms with E-state index in [0.29, 0.717) is 35.3 Å². The summed E-state index contributed by atoms with van der Waals surface area (Å²) < 4.78 is 6.62. The number of nitrogens with zero attached hydrogens (tertiary/aromatic N) is 4. The molecule has 0 unspecified atom stereocenters. The van der Waals surface area contributed by atoms with Gasteiger partial charge in [0.15, 0.2) is 5.69 Å². The fourth-order valence-electron chi connectivity index (χ4n) is 3.47. The number of aromatic nitrogens is 2. The Labute approximate surface area is 195 Å². The Hall–Kier alpha value is -3.91. The van der Waals surface area contributed by atoms with Crippen molar-refractivity contribution < 1.29 is 9.53 Å². The lowest BCUT2D eigenvalue weighted by atomic mass is 10.1. The van der Waals surface area contributed by atoms with Crippen molar-refractivity contribution in [1.29, 1.82) is 0 Å². The first kappa shape index (κ1) is 22.3. The molecule has 4 rings (SSSR count). The van der Waals surface area contributed by atoms with Gasteiger partial charge in [0.2, 0.25) is 5.43 Å². The second-order valence-electron chi connectivity index (χ2n) is 7.58. The first-order valence-electron chi connectivity index (χ1n) is 10.3. The Morgan fingerprint density at radius 1 is 1.21 bits per heavy atom. The van der Waals surface area contributed by atoms with Crippen LogP contribution in [0.3, 0.4) is 0 Å². The van der Waals surface area contributed by atoms with Crippen molar-refractivity contribution in [2.75, 3.05) is 18.1 Å². The molecule has 2 N–H and O–H groups in total. The largest absolute Gasteiger partial charge is 0.447 e. The van der Waals surface area contributed by atoms with Gasteiger partial charge in [-0.25, -0.2) is 14.5 Å². The predicted molar refractivity (Wildman–Crippen MR) is 129 cm³/mol. The summed E-state index contributed by atoms with van der Waals surface area (Å²) in [4.78, 5) is 30.7. The number of cyclic esters (lactones) is 1. The van der Waals surface area contributed by atoms with Gasteiger partial charge in [-0.05, 0) is 61.9 Å². The maximum absolute atomic E-state index is 12.7. The number of hydrogen-bond donors (Lipinski definition) is 1. The SMILES string of the molecule is CC(N)=CC(=Nc1cccc(Cl)c1)c1nn(-c2ccc(N3CCOC3=O)cc2C)ccc1=O. The van der Waals surface area contributed by atoms with Gasteiger partial charge in [-0.3, -0.25) is 9.69 Å². The molecule has 0 atom stereocenters. The van der Waals surface area contributed by atoms with Crippen LogP contribution in [-0.4, -0.2) is 34.7 Å². The molecule has 1 aliphatic rings. The Morgan fingerprint density at radius 3 is 2.70 bits per heavy atom. The fourth-order valence-corrected chi connectivity index (χ4v) is 3.65. The molecule has 0 aliphatic carbocycles. The normalized spacial score (nSPS) is 14.5. The summed E-state index contributed by atoms with van der Waals surface area (Å²) >= 11 is 6.08. The Morgan fingerprint density at radius 2 is 2.03 bits per heavy atom. The molecule has 0 saturated carbocycles. The topological polar surface area (TPSA) is 103 Å². The third kappa shape index (κ3) is 4.96. The number of ether oxygens (including phenoxy) is 1. The van der Waals surface area contributed by atoms with E-state index < -0.39 is 0 Å². The summed E-state index contributed by atoms with van der Waals surface area (Å²) in [7, 11) is 0. The molecule has 33 heavy (non-hydrogen) atoms. The van der Waals surface area contributed by atoms with E-state index in [1.54, 1.807) is 53.0 Å². The van der Waals surface area contributed by atoms with Gasteiger partial charge >= 0.3 is 6.09 Å². The first-order valence-corrected chi connectivity index (χ1v) is 10.6. The molecule has 9 heteroatoms. The van der Waals surface area contributed by atoms with Crippen LogP contribution in [0.4, 0.5) is 16.2 Å². The van der Waals surface area contributed by atoms with E-state index in [9.17, 15) is 9.59 Å². The molecule has 0 radical (unpaired) electrons. The van der Waals surface area contributed by atoms with Gasteiger partial charge in [-0.15, -0.1) is 0 Å². The number of aliphatic imine (C=N–C) groups is 1. The zero-order chi connectivity index (χ0) is 23.5. The second kappa shape index (κ2) is 9.30. The lowest BCUT2D eigenvalue weighted by Crippen LogP contribution is -2.24. The van der Waals surface area contributed by atoms with Crippen LogP contribution in [0.25, 0.3) is 5.69 Å². The third-order valence-corrected chi connectivity index (χ3v) is 5.21. The number of nitrogens with two attached hydrogens (primary N) is 1. The number of aryl methyl sites for hydroxylation is 1. The van der Waals surface area contributed by atoms with Gasteiger partial charge in [0.25, 0.3) is 0 Å². The zero-order valence-electron chi connectivity index (χ0n) is 18.2. The fraction of sp³-hybridized carbons (Fsp3) is 0.167. The molecule has 2 heterocycles. The summed E-state index contributed by atoms with van der Waals surface area (Å²) in [5.41, 5.74) is 9.49. The summed E-state index contributed by atoms with van der Waals surface area (Å²) in [5, 5.41) is 5.08. The molecule has 8 nitrogen and oxygen atoms in total. The number of benzene rings is 2. The van der Waals surface area contributed by atoms with E-state index in [2.05, 4.69) is 10.1 Å². The van der Waals surface area contributed by atoms with Crippen molar-refractivity contribution in [3.8, 4) is 5.69 Å². The van der Waals surface area contributed by atoms with Crippen LogP contribution >= 0.6 is 11.6 Å². The lowest BCUT2D eigenvalue weighted by Gasteiger charge is -2.16.